The molecule has 1 aromatic heterocycles. The summed E-state index contributed by atoms with van der Waals surface area (Å²) in [5.74, 6) is 0.925. The second-order valence-electron chi connectivity index (χ2n) is 3.80. The topological polar surface area (TPSA) is 60.6 Å². The smallest absolute Gasteiger partial charge is 0.354 e. The number of H-pyrrole nitrogens is 1. The fraction of sp³-hybridized carbons (Fsp3) is 0.250. The van der Waals surface area contributed by atoms with E-state index in [9.17, 15) is 4.79 Å². The Balaban J connectivity index is 2.02. The monoisotopic (exact) mass is 311 g/mol. The van der Waals surface area contributed by atoms with Gasteiger partial charge < -0.3 is 19.2 Å². The van der Waals surface area contributed by atoms with Crippen molar-refractivity contribution < 1.29 is 19.0 Å². The highest BCUT2D eigenvalue weighted by Gasteiger charge is 2.23. The number of aromatic nitrogens is 1. The SMILES string of the molecule is CCOC(=O)c1cc2cc3c(cc2[nH]1)OC(Br)O3. The van der Waals surface area contributed by atoms with E-state index in [4.69, 9.17) is 14.2 Å². The molecule has 1 N–H and O–H groups in total. The standard InChI is InChI=1S/C12H10BrNO4/c1-2-16-11(15)8-3-6-4-9-10(5-7(6)14-8)18-12(13)17-9/h3-5,12,14H,2H2,1H3. The molecular weight excluding hydrogens is 302 g/mol. The Bertz CT molecular complexity index is 579. The van der Waals surface area contributed by atoms with Crippen molar-refractivity contribution >= 4 is 32.8 Å². The number of nitrogens with one attached hydrogen (secondary N) is 1. The van der Waals surface area contributed by atoms with Crippen LogP contribution >= 0.6 is 15.9 Å². The molecule has 1 aliphatic heterocycles. The minimum absolute atomic E-state index is 0.349. The molecule has 0 fully saturated rings. The molecule has 94 valence electrons. The van der Waals surface area contributed by atoms with Crippen molar-refractivity contribution in [3.63, 3.8) is 0 Å². The van der Waals surface area contributed by atoms with Gasteiger partial charge in [-0.1, -0.05) is 0 Å². The summed E-state index contributed by atoms with van der Waals surface area (Å²) in [6.07, 6.45) is 0. The predicted octanol–water partition coefficient (Wildman–Crippen LogP) is 2.79. The molecule has 0 saturated carbocycles. The molecule has 0 saturated heterocycles. The number of halogens is 1. The van der Waals surface area contributed by atoms with E-state index >= 15 is 0 Å². The first-order valence-corrected chi connectivity index (χ1v) is 6.40. The van der Waals surface area contributed by atoms with Gasteiger partial charge in [-0.2, -0.15) is 0 Å². The van der Waals surface area contributed by atoms with Crippen molar-refractivity contribution in [1.29, 1.82) is 0 Å². The summed E-state index contributed by atoms with van der Waals surface area (Å²) in [5, 5.41) is 0.422. The first-order chi connectivity index (χ1) is 8.67. The Labute approximate surface area is 111 Å². The number of fused-ring (bicyclic) bond motifs is 2. The van der Waals surface area contributed by atoms with Gasteiger partial charge in [0.2, 0.25) is 0 Å². The average molecular weight is 312 g/mol. The molecule has 0 spiro atoms. The number of hydrogen-bond acceptors (Lipinski definition) is 4. The molecule has 0 radical (unpaired) electrons. The molecule has 0 aliphatic carbocycles. The maximum absolute atomic E-state index is 11.6. The third-order valence-corrected chi connectivity index (χ3v) is 2.99. The first-order valence-electron chi connectivity index (χ1n) is 5.48. The van der Waals surface area contributed by atoms with Crippen LogP contribution in [0.4, 0.5) is 0 Å². The van der Waals surface area contributed by atoms with E-state index in [0.717, 1.165) is 10.9 Å². The van der Waals surface area contributed by atoms with Gasteiger partial charge in [0.15, 0.2) is 11.5 Å². The van der Waals surface area contributed by atoms with Crippen LogP contribution < -0.4 is 9.47 Å². The summed E-state index contributed by atoms with van der Waals surface area (Å²) in [6, 6.07) is 5.36. The second-order valence-corrected chi connectivity index (χ2v) is 4.55. The van der Waals surface area contributed by atoms with E-state index in [1.165, 1.54) is 0 Å². The lowest BCUT2D eigenvalue weighted by Gasteiger charge is -1.97. The molecule has 3 rings (SSSR count). The van der Waals surface area contributed by atoms with Gasteiger partial charge in [0.1, 0.15) is 5.69 Å². The summed E-state index contributed by atoms with van der Waals surface area (Å²) < 4.78 is 15.7. The van der Waals surface area contributed by atoms with E-state index < -0.39 is 5.20 Å². The highest BCUT2D eigenvalue weighted by Crippen LogP contribution is 2.39. The maximum Gasteiger partial charge on any atom is 0.354 e. The van der Waals surface area contributed by atoms with Crippen LogP contribution in [0.3, 0.4) is 0 Å². The molecule has 6 heteroatoms. The van der Waals surface area contributed by atoms with Crippen molar-refractivity contribution in [3.8, 4) is 11.5 Å². The third-order valence-electron chi connectivity index (χ3n) is 2.62. The molecule has 0 amide bonds. The van der Waals surface area contributed by atoms with Gasteiger partial charge in [-0.25, -0.2) is 4.79 Å². The minimum atomic E-state index is -0.455. The first kappa shape index (κ1) is 11.4. The van der Waals surface area contributed by atoms with Crippen molar-refractivity contribution in [1.82, 2.24) is 4.98 Å². The lowest BCUT2D eigenvalue weighted by atomic mass is 10.2. The Kier molecular flexibility index (Phi) is 2.66. The van der Waals surface area contributed by atoms with E-state index in [1.54, 1.807) is 19.1 Å². The second kappa shape index (κ2) is 4.20. The van der Waals surface area contributed by atoms with Crippen LogP contribution in [0.2, 0.25) is 0 Å². The summed E-state index contributed by atoms with van der Waals surface area (Å²) >= 11 is 3.21. The molecule has 1 unspecified atom stereocenters. The van der Waals surface area contributed by atoms with Crippen LogP contribution in [0.15, 0.2) is 18.2 Å². The molecule has 2 aromatic rings. The van der Waals surface area contributed by atoms with E-state index in [-0.39, 0.29) is 5.97 Å². The molecule has 0 bridgehead atoms. The summed E-state index contributed by atoms with van der Waals surface area (Å²) in [7, 11) is 0. The zero-order valence-electron chi connectivity index (χ0n) is 9.53. The van der Waals surface area contributed by atoms with Crippen LogP contribution in [0.1, 0.15) is 17.4 Å². The Hall–Kier alpha value is -1.69. The van der Waals surface area contributed by atoms with Gasteiger partial charge in [0.25, 0.3) is 5.20 Å². The lowest BCUT2D eigenvalue weighted by molar-refractivity contribution is 0.0520. The van der Waals surface area contributed by atoms with Gasteiger partial charge in [-0.15, -0.1) is 0 Å². The zero-order valence-corrected chi connectivity index (χ0v) is 11.1. The normalized spacial score (nSPS) is 17.1. The number of aromatic amines is 1. The summed E-state index contributed by atoms with van der Waals surface area (Å²) in [6.45, 7) is 2.12. The Morgan fingerprint density at radius 2 is 2.11 bits per heavy atom. The maximum atomic E-state index is 11.6. The van der Waals surface area contributed by atoms with Gasteiger partial charge in [-0.3, -0.25) is 0 Å². The average Bonchev–Trinajstić information content (AvgIpc) is 2.87. The largest absolute Gasteiger partial charge is 0.461 e. The van der Waals surface area contributed by atoms with Crippen molar-refractivity contribution in [2.75, 3.05) is 6.61 Å². The molecule has 1 aromatic carbocycles. The van der Waals surface area contributed by atoms with Crippen molar-refractivity contribution in [2.45, 2.75) is 12.1 Å². The van der Waals surface area contributed by atoms with Crippen molar-refractivity contribution in [3.05, 3.63) is 23.9 Å². The number of ether oxygens (including phenoxy) is 3. The molecule has 1 atom stereocenters. The van der Waals surface area contributed by atoms with E-state index in [2.05, 4.69) is 20.9 Å². The zero-order chi connectivity index (χ0) is 12.7. The molecule has 2 heterocycles. The molecule has 18 heavy (non-hydrogen) atoms. The number of rotatable bonds is 2. The van der Waals surface area contributed by atoms with Crippen LogP contribution in [0.25, 0.3) is 10.9 Å². The van der Waals surface area contributed by atoms with E-state index in [1.807, 2.05) is 6.07 Å². The Morgan fingerprint density at radius 1 is 1.39 bits per heavy atom. The molecule has 5 nitrogen and oxygen atoms in total. The summed E-state index contributed by atoms with van der Waals surface area (Å²) in [4.78, 5) is 14.6. The van der Waals surface area contributed by atoms with Gasteiger partial charge in [0.05, 0.1) is 12.1 Å². The van der Waals surface area contributed by atoms with E-state index in [0.29, 0.717) is 23.8 Å². The van der Waals surface area contributed by atoms with Crippen LogP contribution in [-0.4, -0.2) is 22.8 Å². The third kappa shape index (κ3) is 1.82. The van der Waals surface area contributed by atoms with Gasteiger partial charge in [0, 0.05) is 27.4 Å². The summed E-state index contributed by atoms with van der Waals surface area (Å²) in [5.41, 5.74) is 1.23. The van der Waals surface area contributed by atoms with Gasteiger partial charge in [-0.05, 0) is 19.1 Å². The quantitative estimate of drug-likeness (QED) is 0.684. The minimum Gasteiger partial charge on any atom is -0.461 e. The highest BCUT2D eigenvalue weighted by atomic mass is 79.9. The number of alkyl halides is 1. The number of benzene rings is 1. The number of esters is 1. The number of carbonyl (C=O) groups excluding carboxylic acids is 1. The van der Waals surface area contributed by atoms with Crippen LogP contribution in [0.5, 0.6) is 11.5 Å². The fourth-order valence-electron chi connectivity index (χ4n) is 1.87. The highest BCUT2D eigenvalue weighted by molar-refractivity contribution is 9.09. The van der Waals surface area contributed by atoms with Crippen LogP contribution in [0, 0.1) is 0 Å². The predicted molar refractivity (Wildman–Crippen MR) is 68.2 cm³/mol. The number of carbonyl (C=O) groups is 1. The lowest BCUT2D eigenvalue weighted by Crippen LogP contribution is -2.06. The van der Waals surface area contributed by atoms with Crippen LogP contribution in [-0.2, 0) is 4.74 Å². The fourth-order valence-corrected chi connectivity index (χ4v) is 2.27. The Morgan fingerprint density at radius 3 is 2.83 bits per heavy atom. The molecular formula is C12H10BrNO4. The van der Waals surface area contributed by atoms with Crippen molar-refractivity contribution in [2.24, 2.45) is 0 Å². The molecule has 1 aliphatic rings. The number of hydrogen-bond donors (Lipinski definition) is 1. The van der Waals surface area contributed by atoms with Gasteiger partial charge >= 0.3 is 5.97 Å².